The fraction of sp³-hybridized carbons (Fsp3) is 0.846. The maximum absolute atomic E-state index is 11.6. The summed E-state index contributed by atoms with van der Waals surface area (Å²) in [6.07, 6.45) is 1.01. The third-order valence-electron chi connectivity index (χ3n) is 3.02. The van der Waals surface area contributed by atoms with E-state index in [4.69, 9.17) is 10.8 Å². The van der Waals surface area contributed by atoms with Crippen LogP contribution in [0, 0.1) is 11.3 Å². The summed E-state index contributed by atoms with van der Waals surface area (Å²) in [5, 5.41) is 11.3. The average molecular weight is 258 g/mol. The maximum Gasteiger partial charge on any atom is 0.303 e. The SMILES string of the molecule is CC(CCC(=O)O)CNC(=O)CC(N)C(C)(C)C. The van der Waals surface area contributed by atoms with Gasteiger partial charge in [0.1, 0.15) is 0 Å². The second-order valence-electron chi connectivity index (χ2n) is 6.02. The fourth-order valence-corrected chi connectivity index (χ4v) is 1.34. The Morgan fingerprint density at radius 3 is 2.33 bits per heavy atom. The van der Waals surface area contributed by atoms with Crippen LogP contribution >= 0.6 is 0 Å². The van der Waals surface area contributed by atoms with Crippen LogP contribution in [-0.2, 0) is 9.59 Å². The molecule has 0 spiro atoms. The number of aliphatic carboxylic acids is 1. The van der Waals surface area contributed by atoms with Gasteiger partial charge in [0.25, 0.3) is 0 Å². The third-order valence-corrected chi connectivity index (χ3v) is 3.02. The highest BCUT2D eigenvalue weighted by Gasteiger charge is 2.23. The number of carboxylic acid groups (broad SMARTS) is 1. The second-order valence-corrected chi connectivity index (χ2v) is 6.02. The van der Waals surface area contributed by atoms with Gasteiger partial charge in [0.05, 0.1) is 0 Å². The third kappa shape index (κ3) is 8.06. The minimum Gasteiger partial charge on any atom is -0.481 e. The zero-order valence-corrected chi connectivity index (χ0v) is 11.8. The van der Waals surface area contributed by atoms with Crippen LogP contribution in [0.3, 0.4) is 0 Å². The van der Waals surface area contributed by atoms with Gasteiger partial charge in [-0.25, -0.2) is 0 Å². The molecule has 5 heteroatoms. The molecule has 0 fully saturated rings. The lowest BCUT2D eigenvalue weighted by Crippen LogP contribution is -2.40. The van der Waals surface area contributed by atoms with E-state index in [2.05, 4.69) is 5.32 Å². The summed E-state index contributed by atoms with van der Waals surface area (Å²) in [6.45, 7) is 8.43. The van der Waals surface area contributed by atoms with Crippen molar-refractivity contribution in [2.24, 2.45) is 17.1 Å². The number of hydrogen-bond donors (Lipinski definition) is 3. The summed E-state index contributed by atoms with van der Waals surface area (Å²) in [4.78, 5) is 22.0. The van der Waals surface area contributed by atoms with Gasteiger partial charge in [0.15, 0.2) is 0 Å². The largest absolute Gasteiger partial charge is 0.481 e. The Bertz CT molecular complexity index is 284. The van der Waals surface area contributed by atoms with E-state index in [0.29, 0.717) is 19.4 Å². The predicted molar refractivity (Wildman–Crippen MR) is 71.1 cm³/mol. The van der Waals surface area contributed by atoms with Gasteiger partial charge < -0.3 is 16.2 Å². The summed E-state index contributed by atoms with van der Waals surface area (Å²) in [5.74, 6) is -0.710. The Labute approximate surface area is 109 Å². The molecule has 18 heavy (non-hydrogen) atoms. The number of rotatable bonds is 7. The zero-order chi connectivity index (χ0) is 14.3. The molecule has 0 aromatic heterocycles. The molecular formula is C13H26N2O3. The standard InChI is InChI=1S/C13H26N2O3/c1-9(5-6-12(17)18)8-15-11(16)7-10(14)13(2,3)4/h9-10H,5-8,14H2,1-4H3,(H,15,16)(H,17,18). The molecule has 0 heterocycles. The number of hydrogen-bond acceptors (Lipinski definition) is 3. The molecule has 4 N–H and O–H groups in total. The summed E-state index contributed by atoms with van der Waals surface area (Å²) >= 11 is 0. The molecule has 0 aromatic rings. The van der Waals surface area contributed by atoms with E-state index in [1.165, 1.54) is 0 Å². The van der Waals surface area contributed by atoms with Crippen LogP contribution in [0.5, 0.6) is 0 Å². The number of nitrogens with two attached hydrogens (primary N) is 1. The molecule has 0 aromatic carbocycles. The molecule has 0 aliphatic rings. The first-order chi connectivity index (χ1) is 8.12. The quantitative estimate of drug-likeness (QED) is 0.643. The summed E-state index contributed by atoms with van der Waals surface area (Å²) in [5.41, 5.74) is 5.83. The second kappa shape index (κ2) is 7.36. The number of carboxylic acids is 1. The van der Waals surface area contributed by atoms with Gasteiger partial charge in [0.2, 0.25) is 5.91 Å². The van der Waals surface area contributed by atoms with Crippen LogP contribution in [0.1, 0.15) is 47.0 Å². The van der Waals surface area contributed by atoms with Gasteiger partial charge in [-0.2, -0.15) is 0 Å². The molecular weight excluding hydrogens is 232 g/mol. The van der Waals surface area contributed by atoms with E-state index in [-0.39, 0.29) is 29.7 Å². The van der Waals surface area contributed by atoms with E-state index in [1.807, 2.05) is 27.7 Å². The van der Waals surface area contributed by atoms with Gasteiger partial charge in [-0.15, -0.1) is 0 Å². The molecule has 106 valence electrons. The molecule has 0 aliphatic carbocycles. The summed E-state index contributed by atoms with van der Waals surface area (Å²) in [6, 6.07) is -0.174. The Morgan fingerprint density at radius 2 is 1.89 bits per heavy atom. The first kappa shape index (κ1) is 16.9. The van der Waals surface area contributed by atoms with Crippen molar-refractivity contribution in [1.82, 2.24) is 5.32 Å². The fourth-order valence-electron chi connectivity index (χ4n) is 1.34. The molecule has 2 unspecified atom stereocenters. The number of nitrogens with one attached hydrogen (secondary N) is 1. The molecule has 0 bridgehead atoms. The lowest BCUT2D eigenvalue weighted by Gasteiger charge is -2.26. The predicted octanol–water partition coefficient (Wildman–Crippen LogP) is 1.37. The molecule has 0 radical (unpaired) electrons. The molecule has 0 aliphatic heterocycles. The number of carbonyl (C=O) groups is 2. The van der Waals surface area contributed by atoms with Crippen molar-refractivity contribution >= 4 is 11.9 Å². The van der Waals surface area contributed by atoms with Crippen molar-refractivity contribution in [2.45, 2.75) is 53.0 Å². The maximum atomic E-state index is 11.6. The van der Waals surface area contributed by atoms with Gasteiger partial charge in [-0.05, 0) is 17.8 Å². The van der Waals surface area contributed by atoms with Gasteiger partial charge in [0, 0.05) is 25.4 Å². The summed E-state index contributed by atoms with van der Waals surface area (Å²) in [7, 11) is 0. The van der Waals surface area contributed by atoms with Crippen LogP contribution in [0.25, 0.3) is 0 Å². The minimum absolute atomic E-state index is 0.0698. The van der Waals surface area contributed by atoms with Crippen LogP contribution in [-0.4, -0.2) is 29.6 Å². The Balaban J connectivity index is 3.86. The highest BCUT2D eigenvalue weighted by molar-refractivity contribution is 5.76. The highest BCUT2D eigenvalue weighted by atomic mass is 16.4. The van der Waals surface area contributed by atoms with Crippen molar-refractivity contribution in [3.63, 3.8) is 0 Å². The monoisotopic (exact) mass is 258 g/mol. The zero-order valence-electron chi connectivity index (χ0n) is 11.8. The average Bonchev–Trinajstić information content (AvgIpc) is 2.22. The van der Waals surface area contributed by atoms with E-state index < -0.39 is 5.97 Å². The molecule has 0 saturated carbocycles. The normalized spacial score (nSPS) is 14.9. The van der Waals surface area contributed by atoms with E-state index in [0.717, 1.165) is 0 Å². The molecule has 2 atom stereocenters. The molecule has 5 nitrogen and oxygen atoms in total. The van der Waals surface area contributed by atoms with E-state index >= 15 is 0 Å². The topological polar surface area (TPSA) is 92.4 Å². The molecule has 1 amide bonds. The Hall–Kier alpha value is -1.10. The van der Waals surface area contributed by atoms with Crippen molar-refractivity contribution in [1.29, 1.82) is 0 Å². The van der Waals surface area contributed by atoms with Crippen molar-refractivity contribution in [3.8, 4) is 0 Å². The number of carbonyl (C=O) groups excluding carboxylic acids is 1. The van der Waals surface area contributed by atoms with Crippen molar-refractivity contribution < 1.29 is 14.7 Å². The lowest BCUT2D eigenvalue weighted by molar-refractivity contribution is -0.137. The highest BCUT2D eigenvalue weighted by Crippen LogP contribution is 2.19. The Kier molecular flexibility index (Phi) is 6.91. The van der Waals surface area contributed by atoms with Crippen LogP contribution < -0.4 is 11.1 Å². The Morgan fingerprint density at radius 1 is 1.33 bits per heavy atom. The minimum atomic E-state index is -0.803. The first-order valence-electron chi connectivity index (χ1n) is 6.37. The van der Waals surface area contributed by atoms with Gasteiger partial charge >= 0.3 is 5.97 Å². The van der Waals surface area contributed by atoms with Crippen molar-refractivity contribution in [3.05, 3.63) is 0 Å². The first-order valence-corrected chi connectivity index (χ1v) is 6.37. The van der Waals surface area contributed by atoms with E-state index in [9.17, 15) is 9.59 Å². The smallest absolute Gasteiger partial charge is 0.303 e. The van der Waals surface area contributed by atoms with Crippen LogP contribution in [0.4, 0.5) is 0 Å². The van der Waals surface area contributed by atoms with E-state index in [1.54, 1.807) is 0 Å². The van der Waals surface area contributed by atoms with Gasteiger partial charge in [-0.3, -0.25) is 9.59 Å². The van der Waals surface area contributed by atoms with Crippen LogP contribution in [0.15, 0.2) is 0 Å². The molecule has 0 rings (SSSR count). The summed E-state index contributed by atoms with van der Waals surface area (Å²) < 4.78 is 0. The van der Waals surface area contributed by atoms with Gasteiger partial charge in [-0.1, -0.05) is 27.7 Å². The van der Waals surface area contributed by atoms with Crippen LogP contribution in [0.2, 0.25) is 0 Å². The van der Waals surface area contributed by atoms with Crippen molar-refractivity contribution in [2.75, 3.05) is 6.54 Å². The molecule has 0 saturated heterocycles. The lowest BCUT2D eigenvalue weighted by atomic mass is 9.85. The number of amides is 1.